The summed E-state index contributed by atoms with van der Waals surface area (Å²) in [6.07, 6.45) is 10.8. The molecule has 1 atom stereocenters. The number of hydrogen-bond donors (Lipinski definition) is 2. The molecule has 21 heavy (non-hydrogen) atoms. The Morgan fingerprint density at radius 1 is 1.00 bits per heavy atom. The SMILES string of the molecule is O=C1NC2(CCCCCCC2)C(=O)N1CC1CCCCN1. The molecule has 5 nitrogen and oxygen atoms in total. The van der Waals surface area contributed by atoms with Gasteiger partial charge >= 0.3 is 6.03 Å². The molecule has 2 N–H and O–H groups in total. The summed E-state index contributed by atoms with van der Waals surface area (Å²) in [4.78, 5) is 26.6. The van der Waals surface area contributed by atoms with Gasteiger partial charge in [0.25, 0.3) is 5.91 Å². The topological polar surface area (TPSA) is 61.4 Å². The minimum absolute atomic E-state index is 0.0294. The Labute approximate surface area is 126 Å². The maximum absolute atomic E-state index is 12.8. The van der Waals surface area contributed by atoms with Crippen molar-refractivity contribution in [3.63, 3.8) is 0 Å². The van der Waals surface area contributed by atoms with Crippen molar-refractivity contribution in [3.05, 3.63) is 0 Å². The summed E-state index contributed by atoms with van der Waals surface area (Å²) in [7, 11) is 0. The molecule has 2 aliphatic heterocycles. The van der Waals surface area contributed by atoms with Gasteiger partial charge in [-0.05, 0) is 32.2 Å². The van der Waals surface area contributed by atoms with Crippen molar-refractivity contribution in [1.29, 1.82) is 0 Å². The first-order valence-electron chi connectivity index (χ1n) is 8.59. The average molecular weight is 293 g/mol. The number of imide groups is 1. The van der Waals surface area contributed by atoms with Gasteiger partial charge in [0.2, 0.25) is 0 Å². The Kier molecular flexibility index (Phi) is 4.48. The van der Waals surface area contributed by atoms with Crippen LogP contribution in [0.4, 0.5) is 4.79 Å². The number of hydrogen-bond acceptors (Lipinski definition) is 3. The van der Waals surface area contributed by atoms with E-state index in [9.17, 15) is 9.59 Å². The van der Waals surface area contributed by atoms with E-state index >= 15 is 0 Å². The zero-order valence-corrected chi connectivity index (χ0v) is 12.8. The minimum atomic E-state index is -0.591. The molecule has 1 spiro atoms. The summed E-state index contributed by atoms with van der Waals surface area (Å²) >= 11 is 0. The van der Waals surface area contributed by atoms with E-state index in [0.717, 1.165) is 38.6 Å². The fourth-order valence-electron chi connectivity index (χ4n) is 3.99. The van der Waals surface area contributed by atoms with Gasteiger partial charge < -0.3 is 10.6 Å². The van der Waals surface area contributed by atoms with Gasteiger partial charge in [0.05, 0.1) is 0 Å². The highest BCUT2D eigenvalue weighted by molar-refractivity contribution is 6.07. The van der Waals surface area contributed by atoms with Gasteiger partial charge in [-0.15, -0.1) is 0 Å². The number of piperidine rings is 1. The second-order valence-electron chi connectivity index (χ2n) is 6.84. The van der Waals surface area contributed by atoms with Crippen LogP contribution >= 0.6 is 0 Å². The lowest BCUT2D eigenvalue weighted by Gasteiger charge is -2.30. The van der Waals surface area contributed by atoms with Crippen molar-refractivity contribution in [1.82, 2.24) is 15.5 Å². The summed E-state index contributed by atoms with van der Waals surface area (Å²) in [5.41, 5.74) is -0.591. The summed E-state index contributed by atoms with van der Waals surface area (Å²) in [5, 5.41) is 6.46. The molecule has 2 heterocycles. The minimum Gasteiger partial charge on any atom is -0.323 e. The van der Waals surface area contributed by atoms with Gasteiger partial charge in [-0.25, -0.2) is 4.79 Å². The maximum Gasteiger partial charge on any atom is 0.325 e. The van der Waals surface area contributed by atoms with Crippen LogP contribution in [0, 0.1) is 0 Å². The van der Waals surface area contributed by atoms with Crippen LogP contribution in [0.2, 0.25) is 0 Å². The lowest BCUT2D eigenvalue weighted by molar-refractivity contribution is -0.132. The third-order valence-corrected chi connectivity index (χ3v) is 5.27. The number of rotatable bonds is 2. The second-order valence-corrected chi connectivity index (χ2v) is 6.84. The molecule has 1 saturated carbocycles. The standard InChI is InChI=1S/C16H27N3O2/c20-14-16(9-5-2-1-3-6-10-16)18-15(21)19(14)12-13-8-4-7-11-17-13/h13,17H,1-12H2,(H,18,21). The quantitative estimate of drug-likeness (QED) is 0.767. The third-order valence-electron chi connectivity index (χ3n) is 5.27. The van der Waals surface area contributed by atoms with Gasteiger partial charge in [0.1, 0.15) is 5.54 Å². The van der Waals surface area contributed by atoms with Crippen LogP contribution in [-0.2, 0) is 4.79 Å². The largest absolute Gasteiger partial charge is 0.325 e. The van der Waals surface area contributed by atoms with E-state index in [2.05, 4.69) is 10.6 Å². The van der Waals surface area contributed by atoms with E-state index < -0.39 is 5.54 Å². The molecule has 118 valence electrons. The summed E-state index contributed by atoms with van der Waals surface area (Å²) in [6.45, 7) is 1.53. The van der Waals surface area contributed by atoms with Crippen molar-refractivity contribution in [2.75, 3.05) is 13.1 Å². The van der Waals surface area contributed by atoms with Crippen LogP contribution in [-0.4, -0.2) is 41.5 Å². The zero-order valence-electron chi connectivity index (χ0n) is 12.8. The second kappa shape index (κ2) is 6.34. The molecule has 2 saturated heterocycles. The molecule has 0 aromatic carbocycles. The van der Waals surface area contributed by atoms with Crippen LogP contribution in [0.15, 0.2) is 0 Å². The van der Waals surface area contributed by atoms with Gasteiger partial charge in [0, 0.05) is 12.6 Å². The Morgan fingerprint density at radius 2 is 1.71 bits per heavy atom. The first kappa shape index (κ1) is 14.8. The molecule has 3 amide bonds. The lowest BCUT2D eigenvalue weighted by atomic mass is 9.84. The van der Waals surface area contributed by atoms with E-state index in [1.54, 1.807) is 0 Å². The van der Waals surface area contributed by atoms with Crippen LogP contribution in [0.5, 0.6) is 0 Å². The smallest absolute Gasteiger partial charge is 0.323 e. The molecular weight excluding hydrogens is 266 g/mol. The van der Waals surface area contributed by atoms with Crippen molar-refractivity contribution < 1.29 is 9.59 Å². The fourth-order valence-corrected chi connectivity index (χ4v) is 3.99. The van der Waals surface area contributed by atoms with Gasteiger partial charge in [-0.1, -0.05) is 38.5 Å². The molecule has 5 heteroatoms. The highest BCUT2D eigenvalue weighted by atomic mass is 16.2. The van der Waals surface area contributed by atoms with E-state index in [1.165, 1.54) is 37.0 Å². The Balaban J connectivity index is 1.68. The van der Waals surface area contributed by atoms with Crippen LogP contribution in [0.25, 0.3) is 0 Å². The van der Waals surface area contributed by atoms with Crippen molar-refractivity contribution in [2.24, 2.45) is 0 Å². The molecular formula is C16H27N3O2. The summed E-state index contributed by atoms with van der Waals surface area (Å²) in [5.74, 6) is 0.0294. The number of nitrogens with zero attached hydrogens (tertiary/aromatic N) is 1. The maximum atomic E-state index is 12.8. The number of carbonyl (C=O) groups excluding carboxylic acids is 2. The fraction of sp³-hybridized carbons (Fsp3) is 0.875. The number of urea groups is 1. The van der Waals surface area contributed by atoms with Gasteiger partial charge in [-0.2, -0.15) is 0 Å². The molecule has 1 aliphatic carbocycles. The molecule has 0 radical (unpaired) electrons. The molecule has 3 aliphatic rings. The molecule has 1 unspecified atom stereocenters. The van der Waals surface area contributed by atoms with E-state index in [-0.39, 0.29) is 18.0 Å². The molecule has 3 rings (SSSR count). The molecule has 0 aromatic rings. The van der Waals surface area contributed by atoms with Crippen molar-refractivity contribution >= 4 is 11.9 Å². The first-order valence-corrected chi connectivity index (χ1v) is 8.59. The van der Waals surface area contributed by atoms with E-state index in [4.69, 9.17) is 0 Å². The van der Waals surface area contributed by atoms with Gasteiger partial charge in [0.15, 0.2) is 0 Å². The highest BCUT2D eigenvalue weighted by Gasteiger charge is 2.50. The molecule has 3 fully saturated rings. The third kappa shape index (κ3) is 3.07. The van der Waals surface area contributed by atoms with E-state index in [1.807, 2.05) is 0 Å². The predicted molar refractivity (Wildman–Crippen MR) is 80.9 cm³/mol. The molecule has 0 aromatic heterocycles. The highest BCUT2D eigenvalue weighted by Crippen LogP contribution is 2.32. The molecule has 0 bridgehead atoms. The Morgan fingerprint density at radius 3 is 2.38 bits per heavy atom. The van der Waals surface area contributed by atoms with Crippen LogP contribution < -0.4 is 10.6 Å². The Hall–Kier alpha value is -1.10. The number of carbonyl (C=O) groups is 2. The van der Waals surface area contributed by atoms with Crippen molar-refractivity contribution in [2.45, 2.75) is 75.8 Å². The predicted octanol–water partition coefficient (Wildman–Crippen LogP) is 2.16. The summed E-state index contributed by atoms with van der Waals surface area (Å²) < 4.78 is 0. The monoisotopic (exact) mass is 293 g/mol. The first-order chi connectivity index (χ1) is 10.2. The number of nitrogens with one attached hydrogen (secondary N) is 2. The van der Waals surface area contributed by atoms with Crippen LogP contribution in [0.3, 0.4) is 0 Å². The Bertz CT molecular complexity index is 396. The number of amides is 3. The van der Waals surface area contributed by atoms with Crippen molar-refractivity contribution in [3.8, 4) is 0 Å². The van der Waals surface area contributed by atoms with E-state index in [0.29, 0.717) is 6.54 Å². The van der Waals surface area contributed by atoms with Crippen LogP contribution in [0.1, 0.15) is 64.2 Å². The lowest BCUT2D eigenvalue weighted by Crippen LogP contribution is -2.49. The summed E-state index contributed by atoms with van der Waals surface area (Å²) in [6, 6.07) is 0.102. The normalized spacial score (nSPS) is 30.1. The van der Waals surface area contributed by atoms with Gasteiger partial charge in [-0.3, -0.25) is 9.69 Å². The zero-order chi connectivity index (χ0) is 14.7. The average Bonchev–Trinajstić information content (AvgIpc) is 2.70.